The van der Waals surface area contributed by atoms with Crippen LogP contribution in [0.4, 0.5) is 0 Å². The average molecular weight is 612 g/mol. The van der Waals surface area contributed by atoms with E-state index in [2.05, 4.69) is 0 Å². The van der Waals surface area contributed by atoms with Gasteiger partial charge in [0.2, 0.25) is 0 Å². The standard InChI is InChI=1S/C39H49NO5/c40-34(30-41)35(42)28-20-9-7-5-3-1-2-4-6-8-10-21-29-39(36(43)31-22-14-11-15-23-31,37(44)32-24-16-12-17-25-32)38(45)33-26-18-13-19-27-33/h11-20,22-28,34-35,41-42H,1-10,21,29-30,40H2/b28-20+/t34-,35+/m0/s1. The van der Waals surface area contributed by atoms with Crippen LogP contribution in [-0.4, -0.2) is 46.3 Å². The second-order valence-corrected chi connectivity index (χ2v) is 11.8. The zero-order chi connectivity index (χ0) is 32.3. The van der Waals surface area contributed by atoms with Crippen molar-refractivity contribution in [3.05, 3.63) is 120 Å². The summed E-state index contributed by atoms with van der Waals surface area (Å²) in [4.78, 5) is 42.7. The molecule has 0 aromatic heterocycles. The number of benzene rings is 3. The monoisotopic (exact) mass is 611 g/mol. The molecule has 0 aliphatic carbocycles. The highest BCUT2D eigenvalue weighted by Crippen LogP contribution is 2.37. The van der Waals surface area contributed by atoms with Crippen LogP contribution in [0, 0.1) is 5.41 Å². The van der Waals surface area contributed by atoms with E-state index in [1.54, 1.807) is 78.9 Å². The summed E-state index contributed by atoms with van der Waals surface area (Å²) in [5, 5.41) is 18.7. The Hall–Kier alpha value is -3.71. The van der Waals surface area contributed by atoms with E-state index in [0.717, 1.165) is 51.4 Å². The van der Waals surface area contributed by atoms with Crippen molar-refractivity contribution in [1.29, 1.82) is 0 Å². The molecule has 3 aromatic carbocycles. The lowest BCUT2D eigenvalue weighted by Gasteiger charge is -2.30. The molecule has 0 amide bonds. The lowest BCUT2D eigenvalue weighted by molar-refractivity contribution is 0.0570. The fourth-order valence-corrected chi connectivity index (χ4v) is 5.71. The van der Waals surface area contributed by atoms with E-state index in [9.17, 15) is 19.5 Å². The zero-order valence-electron chi connectivity index (χ0n) is 26.4. The molecule has 0 bridgehead atoms. The quantitative estimate of drug-likeness (QED) is 0.0468. The van der Waals surface area contributed by atoms with Crippen molar-refractivity contribution in [3.63, 3.8) is 0 Å². The average Bonchev–Trinajstić information content (AvgIpc) is 3.10. The maximum absolute atomic E-state index is 14.2. The Morgan fingerprint density at radius 2 is 0.956 bits per heavy atom. The smallest absolute Gasteiger partial charge is 0.184 e. The highest BCUT2D eigenvalue weighted by atomic mass is 16.3. The number of hydrogen-bond donors (Lipinski definition) is 3. The molecular formula is C39H49NO5. The van der Waals surface area contributed by atoms with Gasteiger partial charge in [-0.05, 0) is 19.3 Å². The van der Waals surface area contributed by atoms with E-state index >= 15 is 0 Å². The summed E-state index contributed by atoms with van der Waals surface area (Å²) in [6.07, 6.45) is 14.2. The number of Topliss-reactive ketones (excluding diaryl/α,β-unsaturated/α-hetero) is 3. The molecular weight excluding hydrogens is 562 g/mol. The minimum Gasteiger partial charge on any atom is -0.395 e. The maximum Gasteiger partial charge on any atom is 0.184 e. The Bertz CT molecular complexity index is 1200. The zero-order valence-corrected chi connectivity index (χ0v) is 26.4. The van der Waals surface area contributed by atoms with Gasteiger partial charge in [0.25, 0.3) is 0 Å². The third-order valence-electron chi connectivity index (χ3n) is 8.43. The molecule has 2 atom stereocenters. The Morgan fingerprint density at radius 3 is 1.33 bits per heavy atom. The van der Waals surface area contributed by atoms with Gasteiger partial charge in [0, 0.05) is 16.7 Å². The molecule has 6 nitrogen and oxygen atoms in total. The van der Waals surface area contributed by atoms with Gasteiger partial charge in [-0.3, -0.25) is 14.4 Å². The Balaban J connectivity index is 1.55. The van der Waals surface area contributed by atoms with E-state index in [1.807, 2.05) is 24.3 Å². The van der Waals surface area contributed by atoms with Gasteiger partial charge in [-0.25, -0.2) is 0 Å². The van der Waals surface area contributed by atoms with Crippen LogP contribution >= 0.6 is 0 Å². The predicted octanol–water partition coefficient (Wildman–Crippen LogP) is 7.54. The summed E-state index contributed by atoms with van der Waals surface area (Å²) in [5.74, 6) is -1.32. The van der Waals surface area contributed by atoms with Crippen molar-refractivity contribution in [2.75, 3.05) is 6.61 Å². The second-order valence-electron chi connectivity index (χ2n) is 11.8. The number of carbonyl (C=O) groups is 3. The van der Waals surface area contributed by atoms with Crippen LogP contribution in [0.25, 0.3) is 0 Å². The van der Waals surface area contributed by atoms with Crippen molar-refractivity contribution >= 4 is 17.3 Å². The van der Waals surface area contributed by atoms with Crippen molar-refractivity contribution in [2.45, 2.75) is 89.2 Å². The van der Waals surface area contributed by atoms with Crippen LogP contribution in [0.5, 0.6) is 0 Å². The number of ketones is 3. The molecule has 0 aliphatic rings. The molecule has 4 N–H and O–H groups in total. The summed E-state index contributed by atoms with van der Waals surface area (Å²) < 4.78 is 0. The van der Waals surface area contributed by atoms with E-state index < -0.39 is 34.9 Å². The number of allylic oxidation sites excluding steroid dienone is 1. The van der Waals surface area contributed by atoms with Gasteiger partial charge in [-0.15, -0.1) is 0 Å². The van der Waals surface area contributed by atoms with Crippen LogP contribution in [0.2, 0.25) is 0 Å². The number of hydrogen-bond acceptors (Lipinski definition) is 6. The first-order chi connectivity index (χ1) is 21.9. The van der Waals surface area contributed by atoms with Gasteiger partial charge in [0.05, 0.1) is 18.8 Å². The molecule has 0 saturated heterocycles. The van der Waals surface area contributed by atoms with Crippen molar-refractivity contribution in [2.24, 2.45) is 11.1 Å². The fraction of sp³-hybridized carbons (Fsp3) is 0.410. The van der Waals surface area contributed by atoms with E-state index in [-0.39, 0.29) is 13.0 Å². The first-order valence-electron chi connectivity index (χ1n) is 16.4. The molecule has 0 saturated carbocycles. The fourth-order valence-electron chi connectivity index (χ4n) is 5.71. The van der Waals surface area contributed by atoms with Crippen LogP contribution in [0.1, 0.15) is 108 Å². The van der Waals surface area contributed by atoms with Gasteiger partial charge < -0.3 is 15.9 Å². The van der Waals surface area contributed by atoms with Gasteiger partial charge in [-0.1, -0.05) is 161 Å². The molecule has 45 heavy (non-hydrogen) atoms. The minimum absolute atomic E-state index is 0.166. The maximum atomic E-state index is 14.2. The molecule has 0 aliphatic heterocycles. The number of nitrogens with two attached hydrogens (primary N) is 1. The first kappa shape index (κ1) is 35.8. The number of carbonyl (C=O) groups excluding carboxylic acids is 3. The number of aliphatic hydroxyl groups is 2. The summed E-state index contributed by atoms with van der Waals surface area (Å²) in [6.45, 7) is -0.234. The van der Waals surface area contributed by atoms with Crippen molar-refractivity contribution in [1.82, 2.24) is 0 Å². The van der Waals surface area contributed by atoms with Crippen LogP contribution in [0.3, 0.4) is 0 Å². The van der Waals surface area contributed by atoms with Crippen LogP contribution in [0.15, 0.2) is 103 Å². The summed E-state index contributed by atoms with van der Waals surface area (Å²) in [7, 11) is 0. The van der Waals surface area contributed by atoms with Gasteiger partial charge in [0.15, 0.2) is 22.8 Å². The number of unbranched alkanes of at least 4 members (excludes halogenated alkanes) is 10. The summed E-state index contributed by atoms with van der Waals surface area (Å²) in [6, 6.07) is 25.5. The highest BCUT2D eigenvalue weighted by molar-refractivity contribution is 6.35. The lowest BCUT2D eigenvalue weighted by Crippen LogP contribution is -2.46. The Morgan fingerprint density at radius 1 is 0.600 bits per heavy atom. The van der Waals surface area contributed by atoms with Gasteiger partial charge >= 0.3 is 0 Å². The molecule has 0 fully saturated rings. The summed E-state index contributed by atoms with van der Waals surface area (Å²) in [5.41, 5.74) is 4.86. The molecule has 240 valence electrons. The lowest BCUT2D eigenvalue weighted by atomic mass is 9.66. The van der Waals surface area contributed by atoms with Crippen LogP contribution < -0.4 is 5.73 Å². The second kappa shape index (κ2) is 19.6. The van der Waals surface area contributed by atoms with Crippen molar-refractivity contribution in [3.8, 4) is 0 Å². The summed E-state index contributed by atoms with van der Waals surface area (Å²) >= 11 is 0. The minimum atomic E-state index is -1.83. The van der Waals surface area contributed by atoms with Crippen molar-refractivity contribution < 1.29 is 24.6 Å². The molecule has 0 unspecified atom stereocenters. The Labute approximate surface area is 268 Å². The van der Waals surface area contributed by atoms with Crippen LogP contribution in [-0.2, 0) is 0 Å². The first-order valence-corrected chi connectivity index (χ1v) is 16.4. The molecule has 3 rings (SSSR count). The number of aliphatic hydroxyl groups excluding tert-OH is 2. The van der Waals surface area contributed by atoms with Gasteiger partial charge in [0.1, 0.15) is 0 Å². The van der Waals surface area contributed by atoms with E-state index in [1.165, 1.54) is 12.8 Å². The molecule has 3 aromatic rings. The predicted molar refractivity (Wildman–Crippen MR) is 180 cm³/mol. The van der Waals surface area contributed by atoms with E-state index in [4.69, 9.17) is 10.8 Å². The highest BCUT2D eigenvalue weighted by Gasteiger charge is 2.52. The largest absolute Gasteiger partial charge is 0.395 e. The Kier molecular flexibility index (Phi) is 15.6. The van der Waals surface area contributed by atoms with E-state index in [0.29, 0.717) is 23.1 Å². The van der Waals surface area contributed by atoms with Gasteiger partial charge in [-0.2, -0.15) is 0 Å². The molecule has 0 radical (unpaired) electrons. The topological polar surface area (TPSA) is 118 Å². The molecule has 0 heterocycles. The third kappa shape index (κ3) is 10.7. The SMILES string of the molecule is N[C@@H](CO)[C@H](O)/C=C/CCCCCCCCCCCCC(C(=O)c1ccccc1)(C(=O)c1ccccc1)C(=O)c1ccccc1. The third-order valence-corrected chi connectivity index (χ3v) is 8.43. The molecule has 0 spiro atoms. The molecule has 6 heteroatoms. The normalized spacial score (nSPS) is 13.0. The number of rotatable bonds is 22.